The number of nitrogens with zero attached hydrogens (tertiary/aromatic N) is 3. The minimum Gasteiger partial charge on any atom is -0.494 e. The topological polar surface area (TPSA) is 70.2 Å². The molecule has 4 aromatic carbocycles. The Hall–Kier alpha value is -4.71. The first-order valence-corrected chi connectivity index (χ1v) is 13.4. The van der Waals surface area contributed by atoms with Crippen molar-refractivity contribution in [1.82, 2.24) is 14.8 Å². The van der Waals surface area contributed by atoms with Gasteiger partial charge in [0.15, 0.2) is 0 Å². The van der Waals surface area contributed by atoms with Crippen molar-refractivity contribution in [2.45, 2.75) is 32.2 Å². The zero-order chi connectivity index (χ0) is 26.4. The number of carbonyl (C=O) groups is 1. The zero-order valence-electron chi connectivity index (χ0n) is 21.6. The van der Waals surface area contributed by atoms with E-state index in [4.69, 9.17) is 9.15 Å². The number of aromatic nitrogens is 3. The number of benzene rings is 4. The summed E-state index contributed by atoms with van der Waals surface area (Å²) in [5.41, 5.74) is 4.89. The number of para-hydroxylation sites is 1. The van der Waals surface area contributed by atoms with Gasteiger partial charge in [-0.1, -0.05) is 49.2 Å². The van der Waals surface area contributed by atoms with Crippen LogP contribution in [0.3, 0.4) is 0 Å². The van der Waals surface area contributed by atoms with Crippen LogP contribution in [0.25, 0.3) is 44.7 Å². The van der Waals surface area contributed by atoms with E-state index in [2.05, 4.69) is 45.1 Å². The van der Waals surface area contributed by atoms with Gasteiger partial charge in [-0.2, -0.15) is 0 Å². The molecular weight excluding hydrogens is 486 g/mol. The predicted molar refractivity (Wildman–Crippen MR) is 154 cm³/mol. The largest absolute Gasteiger partial charge is 0.494 e. The van der Waals surface area contributed by atoms with Crippen molar-refractivity contribution in [3.63, 3.8) is 0 Å². The lowest BCUT2D eigenvalue weighted by Gasteiger charge is -2.09. The summed E-state index contributed by atoms with van der Waals surface area (Å²) in [6, 6.07) is 31.9. The van der Waals surface area contributed by atoms with Gasteiger partial charge in [0, 0.05) is 45.0 Å². The molecule has 0 aliphatic carbocycles. The fourth-order valence-electron chi connectivity index (χ4n) is 5.03. The van der Waals surface area contributed by atoms with Crippen LogP contribution in [0.1, 0.15) is 36.0 Å². The number of carbonyl (C=O) groups excluding carboxylic acids is 1. The molecular formula is C33H29N3O3. The van der Waals surface area contributed by atoms with Gasteiger partial charge in [0.1, 0.15) is 12.0 Å². The number of rotatable bonds is 11. The summed E-state index contributed by atoms with van der Waals surface area (Å²) in [6.45, 7) is 1.64. The van der Waals surface area contributed by atoms with Crippen LogP contribution < -0.4 is 4.74 Å². The molecule has 194 valence electrons. The van der Waals surface area contributed by atoms with Crippen molar-refractivity contribution in [2.75, 3.05) is 6.61 Å². The van der Waals surface area contributed by atoms with E-state index in [1.807, 2.05) is 66.7 Å². The van der Waals surface area contributed by atoms with E-state index >= 15 is 0 Å². The maximum Gasteiger partial charge on any atom is 0.248 e. The summed E-state index contributed by atoms with van der Waals surface area (Å²) >= 11 is 0. The predicted octanol–water partition coefficient (Wildman–Crippen LogP) is 7.96. The number of unbranched alkanes of at least 4 members (excludes halogenated alkanes) is 3. The van der Waals surface area contributed by atoms with Gasteiger partial charge in [0.25, 0.3) is 0 Å². The fourth-order valence-corrected chi connectivity index (χ4v) is 5.03. The first kappa shape index (κ1) is 24.6. The van der Waals surface area contributed by atoms with E-state index in [0.717, 1.165) is 60.8 Å². The molecule has 0 fully saturated rings. The molecule has 2 aromatic heterocycles. The smallest absolute Gasteiger partial charge is 0.248 e. The molecule has 0 aliphatic heterocycles. The molecule has 0 radical (unpaired) electrons. The van der Waals surface area contributed by atoms with Gasteiger partial charge < -0.3 is 13.7 Å². The summed E-state index contributed by atoms with van der Waals surface area (Å²) in [5.74, 6) is 1.84. The highest BCUT2D eigenvalue weighted by Crippen LogP contribution is 2.30. The molecule has 0 saturated heterocycles. The molecule has 6 rings (SSSR count). The average Bonchev–Trinajstić information content (AvgIpc) is 3.61. The fraction of sp³-hybridized carbons (Fsp3) is 0.182. The van der Waals surface area contributed by atoms with Gasteiger partial charge in [-0.3, -0.25) is 4.79 Å². The lowest BCUT2D eigenvalue weighted by Crippen LogP contribution is -2.00. The molecule has 39 heavy (non-hydrogen) atoms. The van der Waals surface area contributed by atoms with Crippen LogP contribution in [0.5, 0.6) is 5.75 Å². The maximum atomic E-state index is 11.3. The highest BCUT2D eigenvalue weighted by Gasteiger charge is 2.12. The number of aldehydes is 1. The van der Waals surface area contributed by atoms with E-state index in [0.29, 0.717) is 24.0 Å². The lowest BCUT2D eigenvalue weighted by molar-refractivity contribution is 0.112. The number of hydrogen-bond donors (Lipinski definition) is 0. The number of aryl methyl sites for hydroxylation is 1. The minimum atomic E-state index is 0.493. The SMILES string of the molecule is O=Cc1ccc2c(c1)c1ccccc1n2CCCCCCOc1ccc(-c2nnc(-c3ccccc3)o2)cc1. The molecule has 0 aliphatic rings. The second kappa shape index (κ2) is 11.4. The summed E-state index contributed by atoms with van der Waals surface area (Å²) in [4.78, 5) is 11.3. The summed E-state index contributed by atoms with van der Waals surface area (Å²) in [5, 5.41) is 10.7. The Balaban J connectivity index is 0.978. The van der Waals surface area contributed by atoms with Crippen LogP contribution in [-0.4, -0.2) is 27.7 Å². The number of hydrogen-bond acceptors (Lipinski definition) is 5. The molecule has 6 aromatic rings. The van der Waals surface area contributed by atoms with Crippen LogP contribution >= 0.6 is 0 Å². The highest BCUT2D eigenvalue weighted by atomic mass is 16.5. The Morgan fingerprint density at radius 3 is 2.18 bits per heavy atom. The molecule has 0 unspecified atom stereocenters. The van der Waals surface area contributed by atoms with E-state index in [1.54, 1.807) is 0 Å². The molecule has 0 amide bonds. The van der Waals surface area contributed by atoms with E-state index in [-0.39, 0.29) is 0 Å². The summed E-state index contributed by atoms with van der Waals surface area (Å²) < 4.78 is 14.2. The average molecular weight is 516 g/mol. The first-order valence-electron chi connectivity index (χ1n) is 13.4. The van der Waals surface area contributed by atoms with E-state index in [1.165, 1.54) is 16.4 Å². The quantitative estimate of drug-likeness (QED) is 0.129. The first-order chi connectivity index (χ1) is 19.3. The van der Waals surface area contributed by atoms with E-state index < -0.39 is 0 Å². The molecule has 0 saturated carbocycles. The van der Waals surface area contributed by atoms with Crippen LogP contribution in [0.15, 0.2) is 101 Å². The summed E-state index contributed by atoms with van der Waals surface area (Å²) in [6.07, 6.45) is 5.24. The maximum absolute atomic E-state index is 11.3. The molecule has 0 atom stereocenters. The second-order valence-corrected chi connectivity index (χ2v) is 9.63. The molecule has 0 spiro atoms. The standard InChI is InChI=1S/C33H29N3O3/c37-23-24-14-19-31-29(22-24)28-12-6-7-13-30(28)36(31)20-8-1-2-9-21-38-27-17-15-26(16-18-27)33-35-34-32(39-33)25-10-4-3-5-11-25/h3-7,10-19,22-23H,1-2,8-9,20-21H2. The van der Waals surface area contributed by atoms with Crippen LogP contribution in [-0.2, 0) is 6.54 Å². The van der Waals surface area contributed by atoms with Crippen molar-refractivity contribution in [2.24, 2.45) is 0 Å². The Kier molecular flexibility index (Phi) is 7.17. The Labute approximate surface area is 226 Å². The van der Waals surface area contributed by atoms with Gasteiger partial charge in [0.05, 0.1) is 6.61 Å². The highest BCUT2D eigenvalue weighted by molar-refractivity contribution is 6.09. The number of fused-ring (bicyclic) bond motifs is 3. The third kappa shape index (κ3) is 5.32. The zero-order valence-corrected chi connectivity index (χ0v) is 21.6. The van der Waals surface area contributed by atoms with Crippen LogP contribution in [0, 0.1) is 0 Å². The lowest BCUT2D eigenvalue weighted by atomic mass is 10.1. The Morgan fingerprint density at radius 2 is 1.38 bits per heavy atom. The van der Waals surface area contributed by atoms with Gasteiger partial charge >= 0.3 is 0 Å². The Bertz CT molecular complexity index is 1700. The molecule has 6 nitrogen and oxygen atoms in total. The monoisotopic (exact) mass is 515 g/mol. The normalized spacial score (nSPS) is 11.3. The molecule has 0 bridgehead atoms. The molecule has 6 heteroatoms. The summed E-state index contributed by atoms with van der Waals surface area (Å²) in [7, 11) is 0. The molecule has 0 N–H and O–H groups in total. The van der Waals surface area contributed by atoms with Crippen molar-refractivity contribution in [1.29, 1.82) is 0 Å². The van der Waals surface area contributed by atoms with Gasteiger partial charge in [-0.15, -0.1) is 10.2 Å². The van der Waals surface area contributed by atoms with Gasteiger partial charge in [0.2, 0.25) is 11.8 Å². The third-order valence-corrected chi connectivity index (χ3v) is 7.02. The van der Waals surface area contributed by atoms with Gasteiger partial charge in [-0.25, -0.2) is 0 Å². The third-order valence-electron chi connectivity index (χ3n) is 7.02. The minimum absolute atomic E-state index is 0.493. The van der Waals surface area contributed by atoms with Gasteiger partial charge in [-0.05, 0) is 73.5 Å². The second-order valence-electron chi connectivity index (χ2n) is 9.63. The van der Waals surface area contributed by atoms with Crippen molar-refractivity contribution in [3.05, 3.63) is 103 Å². The number of ether oxygens (including phenoxy) is 1. The van der Waals surface area contributed by atoms with Crippen LogP contribution in [0.2, 0.25) is 0 Å². The molecule has 2 heterocycles. The van der Waals surface area contributed by atoms with Crippen molar-refractivity contribution in [3.8, 4) is 28.7 Å². The van der Waals surface area contributed by atoms with Crippen LogP contribution in [0.4, 0.5) is 0 Å². The van der Waals surface area contributed by atoms with Crippen molar-refractivity contribution >= 4 is 28.1 Å². The van der Waals surface area contributed by atoms with E-state index in [9.17, 15) is 4.79 Å². The Morgan fingerprint density at radius 1 is 0.692 bits per heavy atom. The van der Waals surface area contributed by atoms with Crippen molar-refractivity contribution < 1.29 is 13.9 Å².